The van der Waals surface area contributed by atoms with Gasteiger partial charge in [-0.05, 0) is 27.2 Å². The van der Waals surface area contributed by atoms with Gasteiger partial charge < -0.3 is 10.6 Å². The van der Waals surface area contributed by atoms with Gasteiger partial charge in [-0.1, -0.05) is 6.92 Å². The summed E-state index contributed by atoms with van der Waals surface area (Å²) in [6.45, 7) is 8.51. The number of hydrogen-bond acceptors (Lipinski definition) is 6. The highest BCUT2D eigenvalue weighted by Gasteiger charge is 2.30. The van der Waals surface area contributed by atoms with Crippen LogP contribution in [-0.2, 0) is 16.3 Å². The summed E-state index contributed by atoms with van der Waals surface area (Å²) in [6.07, 6.45) is 3.50. The molecule has 1 aromatic rings. The molecular formula is C13H24N4O2S. The fraction of sp³-hybridized carbons (Fsp3) is 0.692. The predicted octanol–water partition coefficient (Wildman–Crippen LogP) is 1.71. The van der Waals surface area contributed by atoms with Crippen molar-refractivity contribution in [1.82, 2.24) is 9.97 Å². The van der Waals surface area contributed by atoms with Gasteiger partial charge in [0.25, 0.3) is 0 Å². The second-order valence-electron chi connectivity index (χ2n) is 5.32. The first-order chi connectivity index (χ1) is 9.23. The smallest absolute Gasteiger partial charge is 0.154 e. The van der Waals surface area contributed by atoms with E-state index in [2.05, 4.69) is 20.6 Å². The summed E-state index contributed by atoms with van der Waals surface area (Å²) in [5.41, 5.74) is 0.971. The molecule has 0 fully saturated rings. The highest BCUT2D eigenvalue weighted by atomic mass is 32.2. The van der Waals surface area contributed by atoms with Crippen LogP contribution in [0.2, 0.25) is 0 Å². The van der Waals surface area contributed by atoms with E-state index in [1.807, 2.05) is 13.8 Å². The number of rotatable bonds is 7. The molecule has 0 saturated carbocycles. The summed E-state index contributed by atoms with van der Waals surface area (Å²) >= 11 is 0. The Morgan fingerprint density at radius 3 is 2.15 bits per heavy atom. The first-order valence-electron chi connectivity index (χ1n) is 6.74. The monoisotopic (exact) mass is 300 g/mol. The Kier molecular flexibility index (Phi) is 5.33. The predicted molar refractivity (Wildman–Crippen MR) is 83.0 cm³/mol. The van der Waals surface area contributed by atoms with Crippen molar-refractivity contribution in [2.45, 2.75) is 38.9 Å². The zero-order valence-corrected chi connectivity index (χ0v) is 13.6. The van der Waals surface area contributed by atoms with Crippen molar-refractivity contribution in [1.29, 1.82) is 0 Å². The van der Waals surface area contributed by atoms with Gasteiger partial charge in [0.2, 0.25) is 0 Å². The number of nitrogens with zero attached hydrogens (tertiary/aromatic N) is 2. The summed E-state index contributed by atoms with van der Waals surface area (Å²) in [4.78, 5) is 8.43. The molecule has 0 aliphatic rings. The lowest BCUT2D eigenvalue weighted by Gasteiger charge is -2.24. The zero-order valence-electron chi connectivity index (χ0n) is 12.8. The summed E-state index contributed by atoms with van der Waals surface area (Å²) < 4.78 is 22.6. The Hall–Kier alpha value is -1.37. The van der Waals surface area contributed by atoms with E-state index in [9.17, 15) is 8.42 Å². The molecule has 0 saturated heterocycles. The number of hydrogen-bond donors (Lipinski definition) is 2. The van der Waals surface area contributed by atoms with Gasteiger partial charge in [-0.3, -0.25) is 0 Å². The second-order valence-corrected chi connectivity index (χ2v) is 7.97. The molecule has 20 heavy (non-hydrogen) atoms. The van der Waals surface area contributed by atoms with E-state index in [0.29, 0.717) is 12.4 Å². The van der Waals surface area contributed by atoms with Gasteiger partial charge in [-0.2, -0.15) is 0 Å². The normalized spacial score (nSPS) is 12.2. The molecule has 0 amide bonds. The molecule has 1 heterocycles. The molecule has 0 unspecified atom stereocenters. The molecule has 114 valence electrons. The third-order valence-electron chi connectivity index (χ3n) is 3.33. The number of sulfone groups is 1. The number of anilines is 2. The van der Waals surface area contributed by atoms with Crippen LogP contribution in [0, 0.1) is 0 Å². The van der Waals surface area contributed by atoms with Crippen LogP contribution >= 0.6 is 0 Å². The average Bonchev–Trinajstić information content (AvgIpc) is 2.35. The van der Waals surface area contributed by atoms with Crippen LogP contribution in [0.1, 0.15) is 33.3 Å². The lowest BCUT2D eigenvalue weighted by atomic mass is 10.2. The van der Waals surface area contributed by atoms with Crippen LogP contribution in [0.4, 0.5) is 11.6 Å². The zero-order chi connectivity index (χ0) is 15.4. The van der Waals surface area contributed by atoms with Crippen LogP contribution in [-0.4, -0.2) is 42.5 Å². The maximum absolute atomic E-state index is 11.7. The van der Waals surface area contributed by atoms with E-state index in [1.54, 1.807) is 13.8 Å². The van der Waals surface area contributed by atoms with Crippen LogP contribution in [0.5, 0.6) is 0 Å². The van der Waals surface area contributed by atoms with E-state index in [1.165, 1.54) is 12.6 Å². The van der Waals surface area contributed by atoms with Crippen LogP contribution < -0.4 is 10.6 Å². The second kappa shape index (κ2) is 6.39. The SMILES string of the molecule is CCNc1ncnc(NCC(C)(C)S(C)(=O)=O)c1CC. The molecule has 2 N–H and O–H groups in total. The standard InChI is InChI=1S/C13H24N4O2S/c1-6-10-11(14-7-2)16-9-17-12(10)15-8-13(3,4)20(5,18)19/h9H,6-8H2,1-5H3,(H2,14,15,16,17). The fourth-order valence-corrected chi connectivity index (χ4v) is 1.98. The number of aromatic nitrogens is 2. The van der Waals surface area contributed by atoms with E-state index < -0.39 is 14.6 Å². The molecule has 6 nitrogen and oxygen atoms in total. The Balaban J connectivity index is 2.96. The highest BCUT2D eigenvalue weighted by Crippen LogP contribution is 2.22. The molecule has 0 bridgehead atoms. The van der Waals surface area contributed by atoms with Crippen LogP contribution in [0.3, 0.4) is 0 Å². The van der Waals surface area contributed by atoms with E-state index in [0.717, 1.165) is 24.3 Å². The average molecular weight is 300 g/mol. The van der Waals surface area contributed by atoms with Gasteiger partial charge >= 0.3 is 0 Å². The van der Waals surface area contributed by atoms with Crippen molar-refractivity contribution in [3.8, 4) is 0 Å². The lowest BCUT2D eigenvalue weighted by Crippen LogP contribution is -2.38. The number of nitrogens with one attached hydrogen (secondary N) is 2. The maximum atomic E-state index is 11.7. The van der Waals surface area contributed by atoms with Gasteiger partial charge in [-0.15, -0.1) is 0 Å². The molecule has 0 spiro atoms. The Bertz CT molecular complexity index is 555. The third kappa shape index (κ3) is 3.82. The molecule has 0 aliphatic carbocycles. The summed E-state index contributed by atoms with van der Waals surface area (Å²) in [5, 5.41) is 6.33. The van der Waals surface area contributed by atoms with Crippen molar-refractivity contribution in [2.75, 3.05) is 30.0 Å². The minimum Gasteiger partial charge on any atom is -0.370 e. The van der Waals surface area contributed by atoms with Crippen molar-refractivity contribution in [2.24, 2.45) is 0 Å². The molecule has 7 heteroatoms. The lowest BCUT2D eigenvalue weighted by molar-refractivity contribution is 0.559. The molecule has 0 aliphatic heterocycles. The summed E-state index contributed by atoms with van der Waals surface area (Å²) in [6, 6.07) is 0. The van der Waals surface area contributed by atoms with E-state index in [4.69, 9.17) is 0 Å². The molecule has 0 radical (unpaired) electrons. The van der Waals surface area contributed by atoms with Gasteiger partial charge in [0.15, 0.2) is 9.84 Å². The Morgan fingerprint density at radius 1 is 1.15 bits per heavy atom. The maximum Gasteiger partial charge on any atom is 0.154 e. The fourth-order valence-electron chi connectivity index (χ4n) is 1.65. The first kappa shape index (κ1) is 16.7. The quantitative estimate of drug-likeness (QED) is 0.797. The minimum atomic E-state index is -3.13. The van der Waals surface area contributed by atoms with Gasteiger partial charge in [0, 0.05) is 24.9 Å². The van der Waals surface area contributed by atoms with Crippen LogP contribution in [0.25, 0.3) is 0 Å². The van der Waals surface area contributed by atoms with Crippen LogP contribution in [0.15, 0.2) is 6.33 Å². The van der Waals surface area contributed by atoms with E-state index >= 15 is 0 Å². The van der Waals surface area contributed by atoms with Crippen molar-refractivity contribution in [3.63, 3.8) is 0 Å². The molecular weight excluding hydrogens is 276 g/mol. The van der Waals surface area contributed by atoms with Crippen molar-refractivity contribution in [3.05, 3.63) is 11.9 Å². The topological polar surface area (TPSA) is 84.0 Å². The largest absolute Gasteiger partial charge is 0.370 e. The molecule has 1 aromatic heterocycles. The Labute approximate surface area is 121 Å². The summed E-state index contributed by atoms with van der Waals surface area (Å²) in [7, 11) is -3.13. The van der Waals surface area contributed by atoms with E-state index in [-0.39, 0.29) is 0 Å². The molecule has 0 atom stereocenters. The minimum absolute atomic E-state index is 0.307. The van der Waals surface area contributed by atoms with Crippen molar-refractivity contribution < 1.29 is 8.42 Å². The summed E-state index contributed by atoms with van der Waals surface area (Å²) in [5.74, 6) is 1.49. The van der Waals surface area contributed by atoms with Gasteiger partial charge in [-0.25, -0.2) is 18.4 Å². The third-order valence-corrected chi connectivity index (χ3v) is 5.48. The molecule has 0 aromatic carbocycles. The Morgan fingerprint density at radius 2 is 1.70 bits per heavy atom. The highest BCUT2D eigenvalue weighted by molar-refractivity contribution is 7.92. The first-order valence-corrected chi connectivity index (χ1v) is 8.63. The van der Waals surface area contributed by atoms with Gasteiger partial charge in [0.1, 0.15) is 18.0 Å². The molecule has 1 rings (SSSR count). The van der Waals surface area contributed by atoms with Crippen molar-refractivity contribution >= 4 is 21.5 Å². The van der Waals surface area contributed by atoms with Gasteiger partial charge in [0.05, 0.1) is 4.75 Å².